The van der Waals surface area contributed by atoms with Crippen LogP contribution in [0.15, 0.2) is 125 Å². The van der Waals surface area contributed by atoms with Gasteiger partial charge in [-0.05, 0) is 47.5 Å². The number of para-hydroxylation sites is 2. The van der Waals surface area contributed by atoms with Gasteiger partial charge in [0, 0.05) is 33.2 Å². The maximum absolute atomic E-state index is 5.05. The molecule has 2 aromatic heterocycles. The Kier molecular flexibility index (Phi) is 4.51. The zero-order chi connectivity index (χ0) is 24.3. The Morgan fingerprint density at radius 1 is 0.595 bits per heavy atom. The van der Waals surface area contributed by atoms with Gasteiger partial charge in [0.2, 0.25) is 0 Å². The highest BCUT2D eigenvalue weighted by molar-refractivity contribution is 7.99. The van der Waals surface area contributed by atoms with Crippen LogP contribution in [0.5, 0.6) is 0 Å². The van der Waals surface area contributed by atoms with Crippen LogP contribution in [0.3, 0.4) is 0 Å². The van der Waals surface area contributed by atoms with Crippen LogP contribution in [0.1, 0.15) is 0 Å². The Labute approximate surface area is 219 Å². The number of fused-ring (bicyclic) bond motifs is 4. The van der Waals surface area contributed by atoms with E-state index >= 15 is 0 Å². The summed E-state index contributed by atoms with van der Waals surface area (Å²) in [6, 6.07) is 34.1. The number of hydrogen-bond acceptors (Lipinski definition) is 5. The summed E-state index contributed by atoms with van der Waals surface area (Å²) in [5.41, 5.74) is 9.15. The zero-order valence-electron chi connectivity index (χ0n) is 19.7. The fraction of sp³-hybridized carbons (Fsp3) is 0. The molecule has 0 bridgehead atoms. The molecule has 0 N–H and O–H groups in total. The Hall–Kier alpha value is -4.42. The van der Waals surface area contributed by atoms with Gasteiger partial charge in [-0.2, -0.15) is 0 Å². The van der Waals surface area contributed by atoms with Gasteiger partial charge >= 0.3 is 0 Å². The van der Waals surface area contributed by atoms with Gasteiger partial charge in [0.1, 0.15) is 0 Å². The summed E-state index contributed by atoms with van der Waals surface area (Å²) in [7, 11) is 0. The number of nitrogens with zero attached hydrogens (tertiary/aromatic N) is 4. The minimum absolute atomic E-state index is 0.00497. The Balaban J connectivity index is 1.29. The maximum Gasteiger partial charge on any atom is 0.268 e. The second-order valence-electron chi connectivity index (χ2n) is 9.29. The van der Waals surface area contributed by atoms with E-state index in [9.17, 15) is 0 Å². The molecule has 0 saturated carbocycles. The summed E-state index contributed by atoms with van der Waals surface area (Å²) in [5.74, 6) is 0.813. The molecule has 172 valence electrons. The van der Waals surface area contributed by atoms with Crippen molar-refractivity contribution in [2.75, 3.05) is 4.90 Å². The minimum Gasteiger partial charge on any atom is -0.291 e. The predicted octanol–water partition coefficient (Wildman–Crippen LogP) is 5.46. The third-order valence-corrected chi connectivity index (χ3v) is 8.42. The maximum atomic E-state index is 5.05. The molecule has 0 amide bonds. The summed E-state index contributed by atoms with van der Waals surface area (Å²) < 4.78 is 0. The predicted molar refractivity (Wildman–Crippen MR) is 153 cm³/mol. The molecule has 2 aliphatic rings. The van der Waals surface area contributed by atoms with Gasteiger partial charge in [-0.1, -0.05) is 83.4 Å². The van der Waals surface area contributed by atoms with Gasteiger partial charge in [-0.15, -0.1) is 0 Å². The average molecular weight is 490 g/mol. The van der Waals surface area contributed by atoms with Gasteiger partial charge in [0.05, 0.1) is 23.1 Å². The number of hydrogen-bond donors (Lipinski definition) is 0. The summed E-state index contributed by atoms with van der Waals surface area (Å²) in [6.45, 7) is -0.00497. The number of rotatable bonds is 2. The molecule has 8 rings (SSSR count). The average Bonchev–Trinajstić information content (AvgIpc) is 2.96. The molecule has 0 radical (unpaired) electrons. The van der Waals surface area contributed by atoms with Crippen molar-refractivity contribution < 1.29 is 0 Å². The lowest BCUT2D eigenvalue weighted by molar-refractivity contribution is 1.09. The molecule has 0 unspecified atom stereocenters. The van der Waals surface area contributed by atoms with E-state index < -0.39 is 0 Å². The summed E-state index contributed by atoms with van der Waals surface area (Å²) in [4.78, 5) is 19.4. The van der Waals surface area contributed by atoms with Crippen molar-refractivity contribution in [3.63, 3.8) is 0 Å². The third kappa shape index (κ3) is 3.09. The molecule has 0 fully saturated rings. The highest BCUT2D eigenvalue weighted by Crippen LogP contribution is 2.50. The first-order valence-electron chi connectivity index (χ1n) is 12.3. The first-order chi connectivity index (χ1) is 18.4. The molecule has 4 aromatic carbocycles. The van der Waals surface area contributed by atoms with E-state index in [0.29, 0.717) is 0 Å². The monoisotopic (exact) mass is 490 g/mol. The van der Waals surface area contributed by atoms with E-state index in [1.165, 1.54) is 37.2 Å². The van der Waals surface area contributed by atoms with Crippen LogP contribution < -0.4 is 21.4 Å². The lowest BCUT2D eigenvalue weighted by atomic mass is 9.35. The number of anilines is 3. The van der Waals surface area contributed by atoms with Crippen molar-refractivity contribution in [1.82, 2.24) is 15.0 Å². The number of aromatic nitrogens is 3. The summed E-state index contributed by atoms with van der Waals surface area (Å²) in [5, 5.41) is 1.20. The molecule has 0 saturated heterocycles. The molecular formula is C31H19BN4S. The first-order valence-corrected chi connectivity index (χ1v) is 13.1. The minimum atomic E-state index is -0.00497. The highest BCUT2D eigenvalue weighted by Gasteiger charge is 2.33. The van der Waals surface area contributed by atoms with Crippen LogP contribution in [-0.2, 0) is 0 Å². The van der Waals surface area contributed by atoms with Crippen molar-refractivity contribution in [3.8, 4) is 11.1 Å². The largest absolute Gasteiger partial charge is 0.291 e. The lowest BCUT2D eigenvalue weighted by Gasteiger charge is -2.32. The second-order valence-corrected chi connectivity index (χ2v) is 10.4. The molecular weight excluding hydrogens is 471 g/mol. The molecule has 2 aliphatic heterocycles. The van der Waals surface area contributed by atoms with Gasteiger partial charge in [-0.3, -0.25) is 14.9 Å². The number of benzene rings is 4. The van der Waals surface area contributed by atoms with E-state index in [1.807, 2.05) is 18.6 Å². The quantitative estimate of drug-likeness (QED) is 0.301. The van der Waals surface area contributed by atoms with E-state index in [1.54, 1.807) is 11.8 Å². The van der Waals surface area contributed by atoms with Gasteiger partial charge < -0.3 is 0 Å². The molecule has 0 atom stereocenters. The van der Waals surface area contributed by atoms with Gasteiger partial charge in [0.25, 0.3) is 6.71 Å². The van der Waals surface area contributed by atoms with E-state index in [-0.39, 0.29) is 6.71 Å². The van der Waals surface area contributed by atoms with Crippen LogP contribution in [0.2, 0.25) is 0 Å². The van der Waals surface area contributed by atoms with Crippen molar-refractivity contribution >= 4 is 63.1 Å². The van der Waals surface area contributed by atoms with E-state index in [2.05, 4.69) is 107 Å². The third-order valence-electron chi connectivity index (χ3n) is 7.29. The standard InChI is InChI=1S/C31H19BN4S/c1-2-9-22-20(8-1)21-16-17-33-24-11-7-10-23(31(21)24)32(22)29-18-35-30(19-34-29)36-25-12-3-5-14-27(25)37-28-15-6-4-13-26(28)36/h1-19H. The van der Waals surface area contributed by atoms with Crippen molar-refractivity contribution in [1.29, 1.82) is 0 Å². The molecule has 4 heterocycles. The molecule has 37 heavy (non-hydrogen) atoms. The van der Waals surface area contributed by atoms with Crippen LogP contribution in [0, 0.1) is 0 Å². The molecule has 6 aromatic rings. The fourth-order valence-electron chi connectivity index (χ4n) is 5.73. The fourth-order valence-corrected chi connectivity index (χ4v) is 6.78. The van der Waals surface area contributed by atoms with Crippen molar-refractivity contribution in [3.05, 3.63) is 116 Å². The zero-order valence-corrected chi connectivity index (χ0v) is 20.6. The summed E-state index contributed by atoms with van der Waals surface area (Å²) >= 11 is 1.79. The Morgan fingerprint density at radius 3 is 2.11 bits per heavy atom. The first kappa shape index (κ1) is 20.7. The highest BCUT2D eigenvalue weighted by atomic mass is 32.2. The van der Waals surface area contributed by atoms with Gasteiger partial charge in [-0.25, -0.2) is 4.98 Å². The molecule has 0 spiro atoms. The van der Waals surface area contributed by atoms with Crippen LogP contribution in [0.4, 0.5) is 17.2 Å². The van der Waals surface area contributed by atoms with Crippen molar-refractivity contribution in [2.24, 2.45) is 0 Å². The molecule has 0 aliphatic carbocycles. The van der Waals surface area contributed by atoms with Crippen LogP contribution in [-0.4, -0.2) is 21.7 Å². The second kappa shape index (κ2) is 8.05. The topological polar surface area (TPSA) is 41.9 Å². The number of pyridine rings is 1. The SMILES string of the molecule is c1ccc2c(c1)Sc1ccccc1N2c1cnc(B2c3ccccc3-c3ccnc4cccc2c34)cn1. The lowest BCUT2D eigenvalue weighted by Crippen LogP contribution is -2.56. The smallest absolute Gasteiger partial charge is 0.268 e. The van der Waals surface area contributed by atoms with E-state index in [4.69, 9.17) is 9.97 Å². The van der Waals surface area contributed by atoms with Gasteiger partial charge in [0.15, 0.2) is 5.82 Å². The Morgan fingerprint density at radius 2 is 1.32 bits per heavy atom. The Bertz CT molecular complexity index is 1790. The van der Waals surface area contributed by atoms with Crippen LogP contribution >= 0.6 is 11.8 Å². The normalized spacial score (nSPS) is 13.2. The van der Waals surface area contributed by atoms with Crippen molar-refractivity contribution in [2.45, 2.75) is 9.79 Å². The summed E-state index contributed by atoms with van der Waals surface area (Å²) in [6.07, 6.45) is 5.77. The van der Waals surface area contributed by atoms with E-state index in [0.717, 1.165) is 28.3 Å². The molecule has 4 nitrogen and oxygen atoms in total. The van der Waals surface area contributed by atoms with Crippen LogP contribution in [0.25, 0.3) is 22.0 Å². The molecule has 6 heteroatoms.